The molecular formula is C16H22ClN5OS. The summed E-state index contributed by atoms with van der Waals surface area (Å²) >= 11 is 11.7. The monoisotopic (exact) mass is 367 g/mol. The summed E-state index contributed by atoms with van der Waals surface area (Å²) in [5.41, 5.74) is 0.829. The van der Waals surface area contributed by atoms with E-state index in [1.54, 1.807) is 4.68 Å². The fourth-order valence-electron chi connectivity index (χ4n) is 2.30. The van der Waals surface area contributed by atoms with Crippen LogP contribution < -0.4 is 5.32 Å². The molecule has 24 heavy (non-hydrogen) atoms. The number of carbonyl (C=O) groups is 1. The summed E-state index contributed by atoms with van der Waals surface area (Å²) in [7, 11) is 3.72. The van der Waals surface area contributed by atoms with Gasteiger partial charge in [0, 0.05) is 19.2 Å². The molecule has 1 N–H and O–H groups in total. The number of nitrogens with zero attached hydrogens (tertiary/aromatic N) is 4. The maximum absolute atomic E-state index is 11.8. The van der Waals surface area contributed by atoms with Crippen LogP contribution in [0.1, 0.15) is 13.3 Å². The van der Waals surface area contributed by atoms with Gasteiger partial charge in [0.05, 0.1) is 18.2 Å². The lowest BCUT2D eigenvalue weighted by Crippen LogP contribution is -2.36. The molecule has 2 aromatic rings. The maximum Gasteiger partial charge on any atom is 0.234 e. The summed E-state index contributed by atoms with van der Waals surface area (Å²) in [5, 5.41) is 8.05. The summed E-state index contributed by atoms with van der Waals surface area (Å²) < 4.78 is 4.09. The average molecular weight is 368 g/mol. The largest absolute Gasteiger partial charge is 0.355 e. The van der Waals surface area contributed by atoms with Gasteiger partial charge in [-0.15, -0.1) is 0 Å². The van der Waals surface area contributed by atoms with Gasteiger partial charge < -0.3 is 9.88 Å². The van der Waals surface area contributed by atoms with Crippen LogP contribution in [0.2, 0.25) is 5.02 Å². The van der Waals surface area contributed by atoms with Crippen molar-refractivity contribution in [1.82, 2.24) is 24.6 Å². The molecule has 0 unspecified atom stereocenters. The second-order valence-electron chi connectivity index (χ2n) is 5.65. The van der Waals surface area contributed by atoms with Crippen molar-refractivity contribution < 1.29 is 4.79 Å². The van der Waals surface area contributed by atoms with Crippen LogP contribution in [0, 0.1) is 4.77 Å². The molecule has 8 heteroatoms. The van der Waals surface area contributed by atoms with Gasteiger partial charge in [-0.3, -0.25) is 9.69 Å². The van der Waals surface area contributed by atoms with E-state index in [0.717, 1.165) is 12.0 Å². The van der Waals surface area contributed by atoms with Crippen molar-refractivity contribution in [3.05, 3.63) is 34.1 Å². The Morgan fingerprint density at radius 1 is 1.42 bits per heavy atom. The fourth-order valence-corrected chi connectivity index (χ4v) is 2.71. The number of halogens is 1. The van der Waals surface area contributed by atoms with E-state index < -0.39 is 0 Å². The highest BCUT2D eigenvalue weighted by atomic mass is 35.5. The molecule has 0 aliphatic heterocycles. The Labute approximate surface area is 152 Å². The third-order valence-corrected chi connectivity index (χ3v) is 4.33. The lowest BCUT2D eigenvalue weighted by molar-refractivity contribution is -0.122. The van der Waals surface area contributed by atoms with Crippen molar-refractivity contribution in [3.63, 3.8) is 0 Å². The summed E-state index contributed by atoms with van der Waals surface area (Å²) in [4.78, 5) is 13.7. The topological polar surface area (TPSA) is 55.1 Å². The maximum atomic E-state index is 11.8. The number of benzene rings is 1. The van der Waals surface area contributed by atoms with Gasteiger partial charge in [-0.05, 0) is 37.8 Å². The predicted molar refractivity (Wildman–Crippen MR) is 98.4 cm³/mol. The molecule has 1 heterocycles. The molecule has 2 rings (SSSR count). The first-order chi connectivity index (χ1) is 11.4. The van der Waals surface area contributed by atoms with Crippen molar-refractivity contribution in [2.45, 2.75) is 20.0 Å². The van der Waals surface area contributed by atoms with E-state index in [9.17, 15) is 4.79 Å². The molecule has 0 radical (unpaired) electrons. The number of amides is 1. The molecule has 0 aliphatic rings. The molecule has 1 amide bonds. The van der Waals surface area contributed by atoms with Crippen LogP contribution in [0.3, 0.4) is 0 Å². The van der Waals surface area contributed by atoms with E-state index in [4.69, 9.17) is 23.8 Å². The first-order valence-corrected chi connectivity index (χ1v) is 8.56. The number of likely N-dealkylation sites (N-methyl/N-ethyl adjacent to an activating group) is 1. The van der Waals surface area contributed by atoms with Crippen LogP contribution >= 0.6 is 23.8 Å². The van der Waals surface area contributed by atoms with Gasteiger partial charge >= 0.3 is 0 Å². The standard InChI is InChI=1S/C16H22ClN5OS/c1-4-9-18-14(23)10-20(2)11-22-16(24)21(3)15(19-22)12-7-5-6-8-13(12)17/h5-8H,4,9-11H2,1-3H3,(H,18,23). The van der Waals surface area contributed by atoms with E-state index in [1.165, 1.54) is 0 Å². The molecule has 1 aromatic heterocycles. The van der Waals surface area contributed by atoms with Crippen molar-refractivity contribution >= 4 is 29.7 Å². The Balaban J connectivity index is 2.15. The molecule has 0 saturated heterocycles. The molecular weight excluding hydrogens is 346 g/mol. The molecule has 0 saturated carbocycles. The van der Waals surface area contributed by atoms with E-state index >= 15 is 0 Å². The van der Waals surface area contributed by atoms with Crippen LogP contribution in [-0.4, -0.2) is 45.3 Å². The minimum atomic E-state index is -0.00636. The van der Waals surface area contributed by atoms with Gasteiger partial charge in [0.25, 0.3) is 0 Å². The molecule has 0 aliphatic carbocycles. The number of aromatic nitrogens is 3. The molecule has 6 nitrogen and oxygen atoms in total. The number of nitrogens with one attached hydrogen (secondary N) is 1. The Kier molecular flexibility index (Phi) is 6.53. The molecule has 130 valence electrons. The lowest BCUT2D eigenvalue weighted by atomic mass is 10.2. The molecule has 0 spiro atoms. The lowest BCUT2D eigenvalue weighted by Gasteiger charge is -2.15. The summed E-state index contributed by atoms with van der Waals surface area (Å²) in [5.74, 6) is 0.697. The highest BCUT2D eigenvalue weighted by Crippen LogP contribution is 2.25. The van der Waals surface area contributed by atoms with E-state index in [0.29, 0.717) is 35.4 Å². The normalized spacial score (nSPS) is 11.0. The summed E-state index contributed by atoms with van der Waals surface area (Å²) in [6.45, 7) is 3.43. The quantitative estimate of drug-likeness (QED) is 0.764. The average Bonchev–Trinajstić information content (AvgIpc) is 2.81. The Hall–Kier alpha value is -1.70. The van der Waals surface area contributed by atoms with Gasteiger partial charge in [-0.2, -0.15) is 5.10 Å². The fraction of sp³-hybridized carbons (Fsp3) is 0.438. The van der Waals surface area contributed by atoms with Crippen LogP contribution in [0.4, 0.5) is 0 Å². The molecule has 0 fully saturated rings. The molecule has 0 atom stereocenters. The van der Waals surface area contributed by atoms with Gasteiger partial charge in [-0.25, -0.2) is 4.68 Å². The zero-order valence-electron chi connectivity index (χ0n) is 14.1. The number of carbonyl (C=O) groups excluding carboxylic acids is 1. The molecule has 1 aromatic carbocycles. The summed E-state index contributed by atoms with van der Waals surface area (Å²) in [6, 6.07) is 7.52. The highest BCUT2D eigenvalue weighted by molar-refractivity contribution is 7.71. The van der Waals surface area contributed by atoms with Crippen LogP contribution in [0.25, 0.3) is 11.4 Å². The highest BCUT2D eigenvalue weighted by Gasteiger charge is 2.14. The first-order valence-electron chi connectivity index (χ1n) is 7.78. The van der Waals surface area contributed by atoms with Crippen molar-refractivity contribution in [3.8, 4) is 11.4 Å². The zero-order valence-corrected chi connectivity index (χ0v) is 15.7. The Bertz CT molecular complexity index is 770. The minimum absolute atomic E-state index is 0.00636. The minimum Gasteiger partial charge on any atom is -0.355 e. The van der Waals surface area contributed by atoms with E-state index in [2.05, 4.69) is 10.4 Å². The van der Waals surface area contributed by atoms with Gasteiger partial charge in [0.2, 0.25) is 5.91 Å². The van der Waals surface area contributed by atoms with Gasteiger partial charge in [-0.1, -0.05) is 30.7 Å². The van der Waals surface area contributed by atoms with Gasteiger partial charge in [0.1, 0.15) is 0 Å². The van der Waals surface area contributed by atoms with E-state index in [-0.39, 0.29) is 5.91 Å². The zero-order chi connectivity index (χ0) is 17.7. The molecule has 0 bridgehead atoms. The van der Waals surface area contributed by atoms with Crippen molar-refractivity contribution in [2.75, 3.05) is 20.1 Å². The third kappa shape index (κ3) is 4.43. The van der Waals surface area contributed by atoms with Crippen molar-refractivity contribution in [2.24, 2.45) is 7.05 Å². The van der Waals surface area contributed by atoms with Crippen LogP contribution in [-0.2, 0) is 18.5 Å². The van der Waals surface area contributed by atoms with E-state index in [1.807, 2.05) is 54.8 Å². The second kappa shape index (κ2) is 8.41. The number of hydrogen-bond acceptors (Lipinski definition) is 4. The Morgan fingerprint density at radius 3 is 2.79 bits per heavy atom. The van der Waals surface area contributed by atoms with Gasteiger partial charge in [0.15, 0.2) is 10.6 Å². The first kappa shape index (κ1) is 18.6. The number of rotatable bonds is 7. The Morgan fingerprint density at radius 2 is 2.12 bits per heavy atom. The second-order valence-corrected chi connectivity index (χ2v) is 6.42. The van der Waals surface area contributed by atoms with Crippen LogP contribution in [0.15, 0.2) is 24.3 Å². The SMILES string of the molecule is CCCNC(=O)CN(C)Cn1nc(-c2ccccc2Cl)n(C)c1=S. The smallest absolute Gasteiger partial charge is 0.234 e. The predicted octanol–water partition coefficient (Wildman–Crippen LogP) is 2.69. The van der Waals surface area contributed by atoms with Crippen LogP contribution in [0.5, 0.6) is 0 Å². The number of hydrogen-bond donors (Lipinski definition) is 1. The van der Waals surface area contributed by atoms with Crippen molar-refractivity contribution in [1.29, 1.82) is 0 Å². The summed E-state index contributed by atoms with van der Waals surface area (Å²) in [6.07, 6.45) is 0.919. The third-order valence-electron chi connectivity index (χ3n) is 3.52.